The molecule has 1 aliphatic heterocycles. The minimum absolute atomic E-state index is 0.317. The summed E-state index contributed by atoms with van der Waals surface area (Å²) in [4.78, 5) is 7.11. The van der Waals surface area contributed by atoms with Crippen LogP contribution in [0.2, 0.25) is 0 Å². The number of aromatic nitrogens is 1. The number of anilines is 1. The van der Waals surface area contributed by atoms with Gasteiger partial charge in [0.15, 0.2) is 0 Å². The van der Waals surface area contributed by atoms with E-state index in [1.54, 1.807) is 12.1 Å². The van der Waals surface area contributed by atoms with Gasteiger partial charge in [-0.3, -0.25) is 0 Å². The summed E-state index contributed by atoms with van der Waals surface area (Å²) in [7, 11) is 0. The number of hydrogen-bond donors (Lipinski definition) is 2. The molecule has 1 saturated heterocycles. The lowest BCUT2D eigenvalue weighted by Crippen LogP contribution is -2.29. The number of nitrogens with one attached hydrogen (secondary N) is 1. The molecule has 0 saturated carbocycles. The Labute approximate surface area is 144 Å². The molecule has 2 N–H and O–H groups in total. The van der Waals surface area contributed by atoms with E-state index in [0.717, 1.165) is 37.6 Å². The molecule has 1 fully saturated rings. The molecule has 0 aliphatic carbocycles. The van der Waals surface area contributed by atoms with Crippen LogP contribution in [0.1, 0.15) is 43.2 Å². The standard InChI is InChI=1S/C20H27N3O/c24-19-10-6-8-17(14-19)15-21-16-18-9-7-11-22-20(18)23-12-4-2-1-3-5-13-23/h6-11,14,21,24H,1-5,12-13,15-16H2. The highest BCUT2D eigenvalue weighted by Crippen LogP contribution is 2.21. The maximum absolute atomic E-state index is 9.55. The van der Waals surface area contributed by atoms with E-state index < -0.39 is 0 Å². The quantitative estimate of drug-likeness (QED) is 0.877. The molecule has 1 aromatic carbocycles. The van der Waals surface area contributed by atoms with Gasteiger partial charge in [-0.2, -0.15) is 0 Å². The maximum Gasteiger partial charge on any atom is 0.133 e. The second-order valence-corrected chi connectivity index (χ2v) is 6.51. The van der Waals surface area contributed by atoms with Crippen molar-refractivity contribution in [3.05, 3.63) is 53.7 Å². The fourth-order valence-electron chi connectivity index (χ4n) is 3.32. The van der Waals surface area contributed by atoms with E-state index in [2.05, 4.69) is 21.3 Å². The summed E-state index contributed by atoms with van der Waals surface area (Å²) in [5.41, 5.74) is 2.34. The van der Waals surface area contributed by atoms with Crippen LogP contribution in [0.4, 0.5) is 5.82 Å². The molecular weight excluding hydrogens is 298 g/mol. The molecule has 2 heterocycles. The average molecular weight is 325 g/mol. The van der Waals surface area contributed by atoms with Crippen molar-refractivity contribution in [1.29, 1.82) is 0 Å². The Morgan fingerprint density at radius 3 is 2.54 bits per heavy atom. The van der Waals surface area contributed by atoms with Crippen LogP contribution in [-0.2, 0) is 13.1 Å². The molecule has 4 nitrogen and oxygen atoms in total. The summed E-state index contributed by atoms with van der Waals surface area (Å²) in [6, 6.07) is 11.6. The highest BCUT2D eigenvalue weighted by molar-refractivity contribution is 5.46. The van der Waals surface area contributed by atoms with E-state index in [4.69, 9.17) is 0 Å². The molecule has 24 heavy (non-hydrogen) atoms. The van der Waals surface area contributed by atoms with Crippen LogP contribution in [-0.4, -0.2) is 23.2 Å². The van der Waals surface area contributed by atoms with Gasteiger partial charge in [-0.15, -0.1) is 0 Å². The summed E-state index contributed by atoms with van der Waals surface area (Å²) < 4.78 is 0. The molecule has 0 amide bonds. The van der Waals surface area contributed by atoms with Crippen LogP contribution in [0.25, 0.3) is 0 Å². The zero-order chi connectivity index (χ0) is 16.6. The first-order valence-electron chi connectivity index (χ1n) is 9.00. The van der Waals surface area contributed by atoms with Crippen LogP contribution in [0.5, 0.6) is 5.75 Å². The first-order valence-corrected chi connectivity index (χ1v) is 9.00. The number of benzene rings is 1. The Bertz CT molecular complexity index is 636. The maximum atomic E-state index is 9.55. The smallest absolute Gasteiger partial charge is 0.133 e. The highest BCUT2D eigenvalue weighted by atomic mass is 16.3. The van der Waals surface area contributed by atoms with Gasteiger partial charge in [0, 0.05) is 37.9 Å². The fraction of sp³-hybridized carbons (Fsp3) is 0.450. The fourth-order valence-corrected chi connectivity index (χ4v) is 3.32. The highest BCUT2D eigenvalue weighted by Gasteiger charge is 2.13. The Morgan fingerprint density at radius 1 is 0.958 bits per heavy atom. The van der Waals surface area contributed by atoms with Crippen LogP contribution in [0.15, 0.2) is 42.6 Å². The summed E-state index contributed by atoms with van der Waals surface area (Å²) in [5, 5.41) is 13.0. The van der Waals surface area contributed by atoms with Crippen molar-refractivity contribution in [3.8, 4) is 5.75 Å². The number of phenolic OH excluding ortho intramolecular Hbond substituents is 1. The second kappa shape index (κ2) is 8.69. The van der Waals surface area contributed by atoms with Crippen molar-refractivity contribution in [2.45, 2.75) is 45.2 Å². The Balaban J connectivity index is 1.63. The van der Waals surface area contributed by atoms with Crippen molar-refractivity contribution in [1.82, 2.24) is 10.3 Å². The lowest BCUT2D eigenvalue weighted by molar-refractivity contribution is 0.474. The van der Waals surface area contributed by atoms with Gasteiger partial charge in [0.2, 0.25) is 0 Å². The Hall–Kier alpha value is -2.07. The van der Waals surface area contributed by atoms with E-state index in [0.29, 0.717) is 5.75 Å². The van der Waals surface area contributed by atoms with Gasteiger partial charge < -0.3 is 15.3 Å². The average Bonchev–Trinajstić information content (AvgIpc) is 2.56. The predicted molar refractivity (Wildman–Crippen MR) is 98.2 cm³/mol. The molecule has 0 spiro atoms. The number of hydrogen-bond acceptors (Lipinski definition) is 4. The van der Waals surface area contributed by atoms with E-state index in [-0.39, 0.29) is 0 Å². The second-order valence-electron chi connectivity index (χ2n) is 6.51. The molecule has 0 bridgehead atoms. The molecule has 0 radical (unpaired) electrons. The third-order valence-corrected chi connectivity index (χ3v) is 4.58. The van der Waals surface area contributed by atoms with Crippen LogP contribution < -0.4 is 10.2 Å². The molecular formula is C20H27N3O. The minimum atomic E-state index is 0.317. The van der Waals surface area contributed by atoms with Crippen LogP contribution >= 0.6 is 0 Å². The molecule has 0 unspecified atom stereocenters. The largest absolute Gasteiger partial charge is 0.508 e. The lowest BCUT2D eigenvalue weighted by atomic mass is 10.1. The first-order chi connectivity index (χ1) is 11.8. The summed E-state index contributed by atoms with van der Waals surface area (Å²) in [6.45, 7) is 3.74. The summed E-state index contributed by atoms with van der Waals surface area (Å²) in [5.74, 6) is 1.44. The number of rotatable bonds is 5. The van der Waals surface area contributed by atoms with E-state index in [1.165, 1.54) is 37.7 Å². The molecule has 4 heteroatoms. The van der Waals surface area contributed by atoms with Crippen molar-refractivity contribution in [2.75, 3.05) is 18.0 Å². The van der Waals surface area contributed by atoms with Crippen molar-refractivity contribution in [2.24, 2.45) is 0 Å². The van der Waals surface area contributed by atoms with Gasteiger partial charge in [0.25, 0.3) is 0 Å². The number of nitrogens with zero attached hydrogens (tertiary/aromatic N) is 2. The van der Waals surface area contributed by atoms with Crippen molar-refractivity contribution < 1.29 is 5.11 Å². The summed E-state index contributed by atoms with van der Waals surface area (Å²) in [6.07, 6.45) is 8.43. The van der Waals surface area contributed by atoms with Gasteiger partial charge in [0.05, 0.1) is 0 Å². The normalized spacial score (nSPS) is 15.8. The zero-order valence-electron chi connectivity index (χ0n) is 14.2. The van der Waals surface area contributed by atoms with Gasteiger partial charge >= 0.3 is 0 Å². The topological polar surface area (TPSA) is 48.4 Å². The molecule has 1 aliphatic rings. The van der Waals surface area contributed by atoms with Crippen molar-refractivity contribution in [3.63, 3.8) is 0 Å². The third-order valence-electron chi connectivity index (χ3n) is 4.58. The van der Waals surface area contributed by atoms with E-state index in [9.17, 15) is 5.11 Å². The number of phenols is 1. The minimum Gasteiger partial charge on any atom is -0.508 e. The predicted octanol–water partition coefficient (Wildman–Crippen LogP) is 3.85. The summed E-state index contributed by atoms with van der Waals surface area (Å²) >= 11 is 0. The van der Waals surface area contributed by atoms with Crippen molar-refractivity contribution >= 4 is 5.82 Å². The van der Waals surface area contributed by atoms with E-state index in [1.807, 2.05) is 24.4 Å². The molecule has 3 rings (SSSR count). The van der Waals surface area contributed by atoms with Gasteiger partial charge in [0.1, 0.15) is 11.6 Å². The third kappa shape index (κ3) is 4.71. The van der Waals surface area contributed by atoms with Crippen LogP contribution in [0, 0.1) is 0 Å². The Kier molecular flexibility index (Phi) is 6.07. The van der Waals surface area contributed by atoms with E-state index >= 15 is 0 Å². The Morgan fingerprint density at radius 2 is 1.75 bits per heavy atom. The number of pyridine rings is 1. The molecule has 0 atom stereocenters. The van der Waals surface area contributed by atoms with Crippen LogP contribution in [0.3, 0.4) is 0 Å². The van der Waals surface area contributed by atoms with Gasteiger partial charge in [-0.25, -0.2) is 4.98 Å². The van der Waals surface area contributed by atoms with Gasteiger partial charge in [-0.1, -0.05) is 37.5 Å². The SMILES string of the molecule is Oc1cccc(CNCc2cccnc2N2CCCCCCC2)c1. The molecule has 2 aromatic rings. The molecule has 1 aromatic heterocycles. The molecule has 128 valence electrons. The zero-order valence-corrected chi connectivity index (χ0v) is 14.2. The monoisotopic (exact) mass is 325 g/mol. The number of aromatic hydroxyl groups is 1. The van der Waals surface area contributed by atoms with Gasteiger partial charge in [-0.05, 0) is 36.6 Å². The lowest BCUT2D eigenvalue weighted by Gasteiger charge is -2.27. The first kappa shape index (κ1) is 16.8.